The molecule has 0 aromatic heterocycles. The Labute approximate surface area is 104 Å². The number of hydrogen-bond acceptors (Lipinski definition) is 3. The number of rotatable bonds is 3. The van der Waals surface area contributed by atoms with Crippen molar-refractivity contribution in [1.29, 1.82) is 0 Å². The summed E-state index contributed by atoms with van der Waals surface area (Å²) in [5.74, 6) is 0.365. The SMILES string of the molecule is COc1ccc(O)c(C=Nc2cccc(F)c2)c1. The fourth-order valence-electron chi connectivity index (χ4n) is 1.46. The van der Waals surface area contributed by atoms with Crippen LogP contribution in [0.5, 0.6) is 11.5 Å². The van der Waals surface area contributed by atoms with Gasteiger partial charge in [-0.05, 0) is 36.4 Å². The van der Waals surface area contributed by atoms with Gasteiger partial charge in [0.05, 0.1) is 12.8 Å². The third-order valence-corrected chi connectivity index (χ3v) is 2.40. The number of halogens is 1. The standard InChI is InChI=1S/C14H12FNO2/c1-18-13-5-6-14(17)10(7-13)9-16-12-4-2-3-11(15)8-12/h2-9,17H,1H3. The first-order valence-corrected chi connectivity index (χ1v) is 5.35. The van der Waals surface area contributed by atoms with Crippen LogP contribution in [0.3, 0.4) is 0 Å². The van der Waals surface area contributed by atoms with Crippen molar-refractivity contribution in [3.05, 3.63) is 53.8 Å². The zero-order chi connectivity index (χ0) is 13.0. The van der Waals surface area contributed by atoms with E-state index in [0.29, 0.717) is 17.0 Å². The molecule has 1 N–H and O–H groups in total. The Balaban J connectivity index is 2.28. The Morgan fingerprint density at radius 3 is 2.78 bits per heavy atom. The van der Waals surface area contributed by atoms with Crippen molar-refractivity contribution in [3.8, 4) is 11.5 Å². The summed E-state index contributed by atoms with van der Waals surface area (Å²) in [6.45, 7) is 0. The second-order valence-electron chi connectivity index (χ2n) is 3.66. The molecule has 0 amide bonds. The van der Waals surface area contributed by atoms with Crippen LogP contribution in [-0.4, -0.2) is 18.4 Å². The quantitative estimate of drug-likeness (QED) is 0.843. The molecular weight excluding hydrogens is 233 g/mol. The average molecular weight is 245 g/mol. The third-order valence-electron chi connectivity index (χ3n) is 2.40. The molecule has 2 rings (SSSR count). The van der Waals surface area contributed by atoms with E-state index >= 15 is 0 Å². The lowest BCUT2D eigenvalue weighted by atomic mass is 10.2. The van der Waals surface area contributed by atoms with Gasteiger partial charge in [-0.1, -0.05) is 6.07 Å². The zero-order valence-corrected chi connectivity index (χ0v) is 9.80. The summed E-state index contributed by atoms with van der Waals surface area (Å²) in [6.07, 6.45) is 1.46. The molecule has 0 aliphatic carbocycles. The van der Waals surface area contributed by atoms with E-state index in [1.165, 1.54) is 24.4 Å². The van der Waals surface area contributed by atoms with E-state index in [2.05, 4.69) is 4.99 Å². The lowest BCUT2D eigenvalue weighted by molar-refractivity contribution is 0.412. The van der Waals surface area contributed by atoms with E-state index < -0.39 is 0 Å². The van der Waals surface area contributed by atoms with Crippen LogP contribution in [0.4, 0.5) is 10.1 Å². The summed E-state index contributed by atoms with van der Waals surface area (Å²) in [6, 6.07) is 10.7. The molecule has 0 aliphatic heterocycles. The Kier molecular flexibility index (Phi) is 3.57. The molecule has 18 heavy (non-hydrogen) atoms. The molecular formula is C14H12FNO2. The van der Waals surface area contributed by atoms with Crippen LogP contribution in [0.25, 0.3) is 0 Å². The first-order chi connectivity index (χ1) is 8.69. The maximum atomic E-state index is 12.9. The van der Waals surface area contributed by atoms with E-state index in [-0.39, 0.29) is 11.6 Å². The monoisotopic (exact) mass is 245 g/mol. The number of phenols is 1. The topological polar surface area (TPSA) is 41.8 Å². The predicted octanol–water partition coefficient (Wildman–Crippen LogP) is 3.29. The van der Waals surface area contributed by atoms with E-state index in [0.717, 1.165) is 0 Å². The van der Waals surface area contributed by atoms with E-state index in [1.807, 2.05) is 0 Å². The van der Waals surface area contributed by atoms with E-state index in [4.69, 9.17) is 4.74 Å². The second kappa shape index (κ2) is 5.31. The van der Waals surface area contributed by atoms with Crippen LogP contribution in [0.15, 0.2) is 47.5 Å². The van der Waals surface area contributed by atoms with Gasteiger partial charge in [0.2, 0.25) is 0 Å². The average Bonchev–Trinajstić information content (AvgIpc) is 2.38. The summed E-state index contributed by atoms with van der Waals surface area (Å²) in [4.78, 5) is 4.09. The highest BCUT2D eigenvalue weighted by molar-refractivity contribution is 5.85. The van der Waals surface area contributed by atoms with Crippen molar-refractivity contribution in [2.24, 2.45) is 4.99 Å². The highest BCUT2D eigenvalue weighted by Crippen LogP contribution is 2.22. The molecule has 0 radical (unpaired) electrons. The summed E-state index contributed by atoms with van der Waals surface area (Å²) in [5.41, 5.74) is 0.996. The summed E-state index contributed by atoms with van der Waals surface area (Å²) < 4.78 is 18.0. The molecule has 2 aromatic carbocycles. The maximum absolute atomic E-state index is 12.9. The first kappa shape index (κ1) is 12.1. The molecule has 0 heterocycles. The predicted molar refractivity (Wildman–Crippen MR) is 68.3 cm³/mol. The van der Waals surface area contributed by atoms with Crippen LogP contribution in [-0.2, 0) is 0 Å². The number of ether oxygens (including phenoxy) is 1. The largest absolute Gasteiger partial charge is 0.507 e. The fourth-order valence-corrected chi connectivity index (χ4v) is 1.46. The van der Waals surface area contributed by atoms with Gasteiger partial charge in [-0.2, -0.15) is 0 Å². The molecule has 92 valence electrons. The number of phenolic OH excluding ortho intramolecular Hbond substituents is 1. The van der Waals surface area contributed by atoms with Crippen LogP contribution in [0, 0.1) is 5.82 Å². The Hall–Kier alpha value is -2.36. The van der Waals surface area contributed by atoms with Crippen molar-refractivity contribution in [2.45, 2.75) is 0 Å². The minimum atomic E-state index is -0.348. The highest BCUT2D eigenvalue weighted by atomic mass is 19.1. The smallest absolute Gasteiger partial charge is 0.125 e. The lowest BCUT2D eigenvalue weighted by Gasteiger charge is -2.02. The Morgan fingerprint density at radius 2 is 2.06 bits per heavy atom. The molecule has 0 saturated heterocycles. The Morgan fingerprint density at radius 1 is 1.22 bits per heavy atom. The van der Waals surface area contributed by atoms with Gasteiger partial charge >= 0.3 is 0 Å². The molecule has 3 nitrogen and oxygen atoms in total. The zero-order valence-electron chi connectivity index (χ0n) is 9.80. The van der Waals surface area contributed by atoms with Crippen LogP contribution < -0.4 is 4.74 Å². The molecule has 0 unspecified atom stereocenters. The van der Waals surface area contributed by atoms with Crippen LogP contribution >= 0.6 is 0 Å². The van der Waals surface area contributed by atoms with Gasteiger partial charge < -0.3 is 9.84 Å². The normalized spacial score (nSPS) is 10.8. The minimum absolute atomic E-state index is 0.0935. The third kappa shape index (κ3) is 2.85. The van der Waals surface area contributed by atoms with Gasteiger partial charge in [0.1, 0.15) is 17.3 Å². The molecule has 4 heteroatoms. The number of aliphatic imine (C=N–C) groups is 1. The summed E-state index contributed by atoms with van der Waals surface area (Å²) in [7, 11) is 1.54. The van der Waals surface area contributed by atoms with Gasteiger partial charge in [-0.3, -0.25) is 4.99 Å². The molecule has 0 spiro atoms. The minimum Gasteiger partial charge on any atom is -0.507 e. The number of aromatic hydroxyl groups is 1. The van der Waals surface area contributed by atoms with Crippen LogP contribution in [0.2, 0.25) is 0 Å². The van der Waals surface area contributed by atoms with E-state index in [9.17, 15) is 9.50 Å². The highest BCUT2D eigenvalue weighted by Gasteiger charge is 2.00. The number of hydrogen-bond donors (Lipinski definition) is 1. The van der Waals surface area contributed by atoms with Gasteiger partial charge in [0.15, 0.2) is 0 Å². The molecule has 0 fully saturated rings. The van der Waals surface area contributed by atoms with Crippen LogP contribution in [0.1, 0.15) is 5.56 Å². The van der Waals surface area contributed by atoms with E-state index in [1.54, 1.807) is 31.4 Å². The van der Waals surface area contributed by atoms with Crippen molar-refractivity contribution >= 4 is 11.9 Å². The molecule has 0 bridgehead atoms. The number of benzene rings is 2. The second-order valence-corrected chi connectivity index (χ2v) is 3.66. The van der Waals surface area contributed by atoms with Gasteiger partial charge in [0, 0.05) is 11.8 Å². The Bertz CT molecular complexity index is 582. The fraction of sp³-hybridized carbons (Fsp3) is 0.0714. The first-order valence-electron chi connectivity index (χ1n) is 5.35. The van der Waals surface area contributed by atoms with Gasteiger partial charge in [-0.25, -0.2) is 4.39 Å². The summed E-state index contributed by atoms with van der Waals surface area (Å²) in [5, 5.41) is 9.64. The van der Waals surface area contributed by atoms with Crippen molar-refractivity contribution in [1.82, 2.24) is 0 Å². The number of nitrogens with zero attached hydrogens (tertiary/aromatic N) is 1. The molecule has 2 aromatic rings. The van der Waals surface area contributed by atoms with Crippen molar-refractivity contribution in [2.75, 3.05) is 7.11 Å². The number of methoxy groups -OCH3 is 1. The molecule has 0 atom stereocenters. The van der Waals surface area contributed by atoms with Crippen molar-refractivity contribution in [3.63, 3.8) is 0 Å². The van der Waals surface area contributed by atoms with Gasteiger partial charge in [-0.15, -0.1) is 0 Å². The van der Waals surface area contributed by atoms with Crippen molar-refractivity contribution < 1.29 is 14.2 Å². The van der Waals surface area contributed by atoms with Gasteiger partial charge in [0.25, 0.3) is 0 Å². The maximum Gasteiger partial charge on any atom is 0.125 e. The lowest BCUT2D eigenvalue weighted by Crippen LogP contribution is -1.87. The molecule has 0 saturated carbocycles. The summed E-state index contributed by atoms with van der Waals surface area (Å²) >= 11 is 0. The molecule has 0 aliphatic rings.